The number of hydrogen-bond acceptors (Lipinski definition) is 10. The fraction of sp³-hybridized carbons (Fsp3) is 0.833. The molecule has 12 heteroatoms. The molecular weight excluding hydrogens is 470 g/mol. The molecule has 0 bridgehead atoms. The first-order chi connectivity index (χ1) is 14.3. The van der Waals surface area contributed by atoms with E-state index >= 15 is 0 Å². The third-order valence-corrected chi connectivity index (χ3v) is 10.6. The van der Waals surface area contributed by atoms with Gasteiger partial charge in [0.25, 0.3) is 0 Å². The highest BCUT2D eigenvalue weighted by molar-refractivity contribution is 8.55. The molecule has 1 aliphatic carbocycles. The summed E-state index contributed by atoms with van der Waals surface area (Å²) in [5, 5.41) is -0.315. The van der Waals surface area contributed by atoms with Gasteiger partial charge in [0.2, 0.25) is 0 Å². The van der Waals surface area contributed by atoms with Gasteiger partial charge < -0.3 is 13.6 Å². The number of allylic oxidation sites excluding steroid dienone is 1. The van der Waals surface area contributed by atoms with Gasteiger partial charge in [-0.15, -0.1) is 0 Å². The topological polar surface area (TPSA) is 97.4 Å². The highest BCUT2D eigenvalue weighted by Gasteiger charge is 2.39. The van der Waals surface area contributed by atoms with Crippen LogP contribution in [0.5, 0.6) is 0 Å². The van der Waals surface area contributed by atoms with Gasteiger partial charge in [-0.2, -0.15) is 11.8 Å². The van der Waals surface area contributed by atoms with E-state index in [1.165, 1.54) is 0 Å². The summed E-state index contributed by atoms with van der Waals surface area (Å²) in [4.78, 5) is 13.0. The highest BCUT2D eigenvalue weighted by atomic mass is 32.7. The quantitative estimate of drug-likeness (QED) is 0.230. The lowest BCUT2D eigenvalue weighted by atomic mass is 9.89. The zero-order valence-corrected chi connectivity index (χ0v) is 21.8. The number of carbonyl (C=O) groups excluding carboxylic acids is 1. The van der Waals surface area contributed by atoms with Gasteiger partial charge in [-0.05, 0) is 63.7 Å². The van der Waals surface area contributed by atoms with Gasteiger partial charge in [0.1, 0.15) is 11.5 Å². The molecule has 0 heterocycles. The lowest BCUT2D eigenvalue weighted by molar-refractivity contribution is -0.120. The van der Waals surface area contributed by atoms with Gasteiger partial charge >= 0.3 is 14.6 Å². The van der Waals surface area contributed by atoms with E-state index in [0.717, 1.165) is 17.1 Å². The van der Waals surface area contributed by atoms with Gasteiger partial charge in [0.15, 0.2) is 0 Å². The molecule has 1 rings (SSSR count). The zero-order chi connectivity index (χ0) is 22.6. The van der Waals surface area contributed by atoms with E-state index in [2.05, 4.69) is 0 Å². The molecule has 0 spiro atoms. The van der Waals surface area contributed by atoms with Crippen molar-refractivity contribution in [2.45, 2.75) is 52.7 Å². The number of ketones is 1. The summed E-state index contributed by atoms with van der Waals surface area (Å²) in [6, 6.07) is 0. The van der Waals surface area contributed by atoms with E-state index < -0.39 is 14.6 Å². The van der Waals surface area contributed by atoms with Gasteiger partial charge in [-0.1, -0.05) is 6.92 Å². The van der Waals surface area contributed by atoms with Crippen molar-refractivity contribution in [1.29, 1.82) is 0 Å². The second-order valence-corrected chi connectivity index (χ2v) is 13.1. The predicted octanol–water partition coefficient (Wildman–Crippen LogP) is 6.08. The second-order valence-electron chi connectivity index (χ2n) is 6.06. The number of phosphoric ester groups is 1. The number of phosphoric acid groups is 1. The molecule has 0 aliphatic heterocycles. The van der Waals surface area contributed by atoms with E-state index in [0.29, 0.717) is 18.6 Å². The Balaban J connectivity index is 2.94. The van der Waals surface area contributed by atoms with Gasteiger partial charge in [-0.3, -0.25) is 13.8 Å². The molecule has 0 aromatic carbocycles. The SMILES string of the molecule is CCOP(=O)(OCC)OC1=CCC[C@H](C(=O)CSP(=O)(OCC)OCC)[C@@H]1SCC. The zero-order valence-electron chi connectivity index (χ0n) is 18.4. The first kappa shape index (κ1) is 28.2. The molecule has 0 aromatic heterocycles. The third kappa shape index (κ3) is 8.99. The van der Waals surface area contributed by atoms with Crippen molar-refractivity contribution in [2.75, 3.05) is 37.9 Å². The maximum absolute atomic E-state index is 13.0. The normalized spacial score (nSPS) is 20.1. The largest absolute Gasteiger partial charge is 0.529 e. The summed E-state index contributed by atoms with van der Waals surface area (Å²) in [6.45, 7) is 6.33. The molecule has 30 heavy (non-hydrogen) atoms. The molecule has 0 saturated heterocycles. The van der Waals surface area contributed by atoms with Crippen molar-refractivity contribution in [3.05, 3.63) is 11.8 Å². The van der Waals surface area contributed by atoms with Crippen LogP contribution in [0, 0.1) is 5.92 Å². The molecule has 8 nitrogen and oxygen atoms in total. The summed E-state index contributed by atoms with van der Waals surface area (Å²) in [6.07, 6.45) is 3.08. The van der Waals surface area contributed by atoms with Crippen LogP contribution in [-0.4, -0.2) is 49.0 Å². The molecule has 0 unspecified atom stereocenters. The minimum atomic E-state index is -3.75. The number of thioether (sulfide) groups is 1. The van der Waals surface area contributed by atoms with Crippen LogP contribution in [-0.2, 0) is 36.5 Å². The first-order valence-corrected chi connectivity index (χ1v) is 15.9. The van der Waals surface area contributed by atoms with E-state index in [1.807, 2.05) is 13.0 Å². The summed E-state index contributed by atoms with van der Waals surface area (Å²) in [5.74, 6) is 0.759. The Morgan fingerprint density at radius 1 is 1.00 bits per heavy atom. The van der Waals surface area contributed by atoms with Crippen molar-refractivity contribution >= 4 is 43.5 Å². The van der Waals surface area contributed by atoms with Gasteiger partial charge in [0, 0.05) is 5.92 Å². The van der Waals surface area contributed by atoms with Gasteiger partial charge in [0.05, 0.1) is 37.4 Å². The predicted molar refractivity (Wildman–Crippen MR) is 123 cm³/mol. The molecule has 1 aliphatic rings. The molecular formula is C18H34O8P2S2. The lowest BCUT2D eigenvalue weighted by Gasteiger charge is -2.32. The molecule has 0 aromatic rings. The van der Waals surface area contributed by atoms with Crippen LogP contribution in [0.2, 0.25) is 0 Å². The first-order valence-electron chi connectivity index (χ1n) is 10.2. The van der Waals surface area contributed by atoms with Crippen LogP contribution < -0.4 is 0 Å². The van der Waals surface area contributed by atoms with Crippen molar-refractivity contribution in [1.82, 2.24) is 0 Å². The van der Waals surface area contributed by atoms with Crippen LogP contribution in [0.1, 0.15) is 47.5 Å². The Morgan fingerprint density at radius 2 is 1.57 bits per heavy atom. The van der Waals surface area contributed by atoms with Crippen LogP contribution in [0.4, 0.5) is 0 Å². The summed E-state index contributed by atoms with van der Waals surface area (Å²) < 4.78 is 52.2. The maximum atomic E-state index is 13.0. The lowest BCUT2D eigenvalue weighted by Crippen LogP contribution is -2.32. The van der Waals surface area contributed by atoms with Crippen molar-refractivity contribution in [3.63, 3.8) is 0 Å². The van der Waals surface area contributed by atoms with Crippen LogP contribution in [0.15, 0.2) is 11.8 Å². The maximum Gasteiger partial charge on any atom is 0.529 e. The van der Waals surface area contributed by atoms with Crippen molar-refractivity contribution < 1.29 is 36.5 Å². The Hall–Kier alpha value is 0.210. The minimum absolute atomic E-state index is 0.00454. The smallest absolute Gasteiger partial charge is 0.408 e. The van der Waals surface area contributed by atoms with E-state index in [9.17, 15) is 13.9 Å². The molecule has 0 amide bonds. The fourth-order valence-corrected chi connectivity index (χ4v) is 8.69. The Morgan fingerprint density at radius 3 is 2.07 bits per heavy atom. The van der Waals surface area contributed by atoms with Crippen LogP contribution in [0.25, 0.3) is 0 Å². The van der Waals surface area contributed by atoms with Crippen LogP contribution >= 0.6 is 37.8 Å². The van der Waals surface area contributed by atoms with Crippen molar-refractivity contribution in [2.24, 2.45) is 5.92 Å². The number of carbonyl (C=O) groups is 1. The average molecular weight is 505 g/mol. The Labute approximate surface area is 188 Å². The Bertz CT molecular complexity index is 638. The van der Waals surface area contributed by atoms with Crippen molar-refractivity contribution in [3.8, 4) is 0 Å². The molecule has 0 N–H and O–H groups in total. The monoisotopic (exact) mass is 504 g/mol. The van der Waals surface area contributed by atoms with Gasteiger partial charge in [-0.25, -0.2) is 9.13 Å². The highest BCUT2D eigenvalue weighted by Crippen LogP contribution is 2.61. The average Bonchev–Trinajstić information content (AvgIpc) is 2.68. The number of Topliss-reactive ketones (excluding diaryl/α,β-unsaturated/α-hetero) is 1. The molecule has 176 valence electrons. The van der Waals surface area contributed by atoms with E-state index in [1.54, 1.807) is 39.5 Å². The number of rotatable bonds is 16. The summed E-state index contributed by atoms with van der Waals surface area (Å²) >= 11 is 2.45. The van der Waals surface area contributed by atoms with E-state index in [4.69, 9.17) is 22.6 Å². The summed E-state index contributed by atoms with van der Waals surface area (Å²) in [7, 11) is -3.75. The standard InChI is InChI=1S/C18H34O8P2S2/c1-6-22-27(20,23-7-2)26-17-13-11-12-15(18(17)29-10-5)16(19)14-30-28(21,24-8-3)25-9-4/h13,15,18H,6-12,14H2,1-5H3/t15-,18+/m1/s1. The van der Waals surface area contributed by atoms with Crippen LogP contribution in [0.3, 0.4) is 0 Å². The fourth-order valence-electron chi connectivity index (χ4n) is 2.88. The second kappa shape index (κ2) is 14.4. The third-order valence-electron chi connectivity index (χ3n) is 3.96. The summed E-state index contributed by atoms with van der Waals surface area (Å²) in [5.41, 5.74) is 0. The van der Waals surface area contributed by atoms with E-state index in [-0.39, 0.29) is 49.1 Å². The Kier molecular flexibility index (Phi) is 13.5. The molecule has 2 atom stereocenters. The molecule has 0 radical (unpaired) electrons. The minimum Gasteiger partial charge on any atom is -0.408 e. The number of hydrogen-bond donors (Lipinski definition) is 0. The molecule has 0 saturated carbocycles. The molecule has 0 fully saturated rings.